The number of aliphatic hydroxyl groups is 1. The van der Waals surface area contributed by atoms with Gasteiger partial charge in [0.2, 0.25) is 5.91 Å². The third kappa shape index (κ3) is 8.86. The molecule has 0 spiro atoms. The number of Topliss-reactive ketones (excluding diaryl/α,β-unsaturated/α-hetero) is 1. The number of esters is 1. The predicted octanol–water partition coefficient (Wildman–Crippen LogP) is 1.87. The van der Waals surface area contributed by atoms with Crippen molar-refractivity contribution < 1.29 is 38.4 Å². The average Bonchev–Trinajstić information content (AvgIpc) is 2.98. The lowest BCUT2D eigenvalue weighted by Gasteiger charge is -2.47. The molecule has 12 heteroatoms. The van der Waals surface area contributed by atoms with Crippen LogP contribution in [0.25, 0.3) is 0 Å². The Labute approximate surface area is 277 Å². The van der Waals surface area contributed by atoms with Crippen molar-refractivity contribution in [3.8, 4) is 0 Å². The van der Waals surface area contributed by atoms with Crippen LogP contribution in [0.5, 0.6) is 0 Å². The predicted molar refractivity (Wildman–Crippen MR) is 175 cm³/mol. The number of aliphatic hydroxyl groups excluding tert-OH is 1. The smallest absolute Gasteiger partial charge is 0.319 e. The Morgan fingerprint density at radius 3 is 2.22 bits per heavy atom. The minimum absolute atomic E-state index is 0.0798. The molecular weight excluding hydrogens is 592 g/mol. The second-order valence-corrected chi connectivity index (χ2v) is 15.2. The molecule has 266 valence electrons. The summed E-state index contributed by atoms with van der Waals surface area (Å²) in [5.74, 6) is -1.51. The van der Waals surface area contributed by atoms with E-state index in [1.54, 1.807) is 34.8 Å². The molecule has 0 aromatic heterocycles. The van der Waals surface area contributed by atoms with Gasteiger partial charge < -0.3 is 33.9 Å². The quantitative estimate of drug-likeness (QED) is 0.334. The Kier molecular flexibility index (Phi) is 13.2. The standard InChI is InChI=1S/C34H62N4O8/c1-21-18-34(8,43-12)30(46-31-28(40)26(35(9)10)17-22(2)44-31)23(3)29(41)33(6,7)32(42)45-24(4)27(36(11)19-21)20-37-13-15-38(16-14-37)25(5)39/h21-24,26-28,30-31,40H,13-20H2,1-12H3/t21-,22-,23+,24+,26+,27+,28-,30-,31+,34-/m1/s1. The number of rotatable bonds is 6. The molecule has 10 atom stereocenters. The van der Waals surface area contributed by atoms with Gasteiger partial charge in [0.25, 0.3) is 0 Å². The van der Waals surface area contributed by atoms with Crippen LogP contribution in [0.15, 0.2) is 0 Å². The van der Waals surface area contributed by atoms with Crippen molar-refractivity contribution in [2.24, 2.45) is 17.3 Å². The molecule has 46 heavy (non-hydrogen) atoms. The minimum Gasteiger partial charge on any atom is -0.460 e. The lowest BCUT2D eigenvalue weighted by Crippen LogP contribution is -2.59. The van der Waals surface area contributed by atoms with Gasteiger partial charge in [-0.05, 0) is 74.5 Å². The highest BCUT2D eigenvalue weighted by molar-refractivity contribution is 6.04. The molecule has 3 fully saturated rings. The van der Waals surface area contributed by atoms with Crippen LogP contribution < -0.4 is 0 Å². The first-order chi connectivity index (χ1) is 21.3. The Balaban J connectivity index is 1.96. The molecule has 0 unspecified atom stereocenters. The average molecular weight is 655 g/mol. The SMILES string of the molecule is CO[C@]1(C)C[C@@H](C)CN(C)[C@@H](CN2CCN(C(C)=O)CC2)[C@H](C)OC(=O)C(C)(C)C(=O)[C@H](C)[C@H]1O[C@@H]1O[C@H](C)C[C@H](N(C)C)[C@H]1O. The first-order valence-electron chi connectivity index (χ1n) is 17.0. The summed E-state index contributed by atoms with van der Waals surface area (Å²) in [7, 11) is 7.50. The molecule has 1 amide bonds. The van der Waals surface area contributed by atoms with Gasteiger partial charge in [0, 0.05) is 65.3 Å². The van der Waals surface area contributed by atoms with Crippen molar-refractivity contribution in [1.29, 1.82) is 0 Å². The van der Waals surface area contributed by atoms with Gasteiger partial charge in [-0.3, -0.25) is 24.2 Å². The first-order valence-corrected chi connectivity index (χ1v) is 17.0. The van der Waals surface area contributed by atoms with E-state index < -0.39 is 47.5 Å². The first kappa shape index (κ1) is 38.8. The molecule has 3 saturated heterocycles. The molecule has 0 radical (unpaired) electrons. The van der Waals surface area contributed by atoms with E-state index in [1.165, 1.54) is 0 Å². The lowest BCUT2D eigenvalue weighted by atomic mass is 9.74. The zero-order chi connectivity index (χ0) is 34.7. The van der Waals surface area contributed by atoms with Gasteiger partial charge in [-0.15, -0.1) is 0 Å². The zero-order valence-corrected chi connectivity index (χ0v) is 30.4. The molecule has 0 bridgehead atoms. The summed E-state index contributed by atoms with van der Waals surface area (Å²) in [5, 5.41) is 11.3. The van der Waals surface area contributed by atoms with Crippen molar-refractivity contribution in [3.05, 3.63) is 0 Å². The topological polar surface area (TPSA) is 121 Å². The normalized spacial score (nSPS) is 39.3. The highest BCUT2D eigenvalue weighted by atomic mass is 16.7. The van der Waals surface area contributed by atoms with Crippen molar-refractivity contribution in [1.82, 2.24) is 19.6 Å². The van der Waals surface area contributed by atoms with Gasteiger partial charge in [-0.25, -0.2) is 0 Å². The van der Waals surface area contributed by atoms with Crippen LogP contribution in [0.3, 0.4) is 0 Å². The van der Waals surface area contributed by atoms with Crippen LogP contribution in [0.2, 0.25) is 0 Å². The summed E-state index contributed by atoms with van der Waals surface area (Å²) in [6, 6.07) is -0.332. The second-order valence-electron chi connectivity index (χ2n) is 15.2. The fraction of sp³-hybridized carbons (Fsp3) is 0.912. The van der Waals surface area contributed by atoms with Gasteiger partial charge in [-0.2, -0.15) is 0 Å². The maximum atomic E-state index is 14.3. The number of cyclic esters (lactones) is 1. The van der Waals surface area contributed by atoms with Crippen molar-refractivity contribution in [2.45, 2.75) is 117 Å². The number of carbonyl (C=O) groups excluding carboxylic acids is 3. The van der Waals surface area contributed by atoms with E-state index in [4.69, 9.17) is 18.9 Å². The molecule has 0 aromatic carbocycles. The molecule has 0 aromatic rings. The molecule has 12 nitrogen and oxygen atoms in total. The third-order valence-electron chi connectivity index (χ3n) is 10.6. The largest absolute Gasteiger partial charge is 0.460 e. The fourth-order valence-electron chi connectivity index (χ4n) is 7.65. The molecule has 3 heterocycles. The zero-order valence-electron chi connectivity index (χ0n) is 30.4. The van der Waals surface area contributed by atoms with E-state index in [1.807, 2.05) is 51.7 Å². The summed E-state index contributed by atoms with van der Waals surface area (Å²) < 4.78 is 25.1. The monoisotopic (exact) mass is 654 g/mol. The van der Waals surface area contributed by atoms with Gasteiger partial charge >= 0.3 is 5.97 Å². The van der Waals surface area contributed by atoms with Crippen LogP contribution in [-0.2, 0) is 33.3 Å². The Morgan fingerprint density at radius 2 is 1.67 bits per heavy atom. The van der Waals surface area contributed by atoms with Crippen molar-refractivity contribution in [2.75, 3.05) is 67.5 Å². The van der Waals surface area contributed by atoms with Gasteiger partial charge in [0.15, 0.2) is 12.1 Å². The van der Waals surface area contributed by atoms with E-state index >= 15 is 0 Å². The van der Waals surface area contributed by atoms with Gasteiger partial charge in [0.05, 0.1) is 23.9 Å². The number of amides is 1. The Hall–Kier alpha value is -1.67. The molecule has 0 saturated carbocycles. The fourth-order valence-corrected chi connectivity index (χ4v) is 7.65. The van der Waals surface area contributed by atoms with Crippen molar-refractivity contribution in [3.63, 3.8) is 0 Å². The Bertz CT molecular complexity index is 1050. The maximum absolute atomic E-state index is 14.3. The summed E-state index contributed by atoms with van der Waals surface area (Å²) in [6.07, 6.45) is -2.22. The number of hydrogen-bond donors (Lipinski definition) is 1. The van der Waals surface area contributed by atoms with E-state index in [9.17, 15) is 19.5 Å². The minimum atomic E-state index is -1.47. The van der Waals surface area contributed by atoms with Crippen LogP contribution in [0.1, 0.15) is 68.2 Å². The van der Waals surface area contributed by atoms with E-state index in [0.717, 1.165) is 13.1 Å². The number of nitrogens with zero attached hydrogens (tertiary/aromatic N) is 4. The number of methoxy groups -OCH3 is 1. The van der Waals surface area contributed by atoms with Crippen LogP contribution in [-0.4, -0.2) is 158 Å². The molecule has 0 aliphatic carbocycles. The summed E-state index contributed by atoms with van der Waals surface area (Å²) >= 11 is 0. The summed E-state index contributed by atoms with van der Waals surface area (Å²) in [4.78, 5) is 48.4. The number of ketones is 1. The number of piperazine rings is 1. The molecule has 3 rings (SSSR count). The van der Waals surface area contributed by atoms with Crippen LogP contribution in [0, 0.1) is 17.3 Å². The maximum Gasteiger partial charge on any atom is 0.319 e. The number of hydrogen-bond acceptors (Lipinski definition) is 11. The van der Waals surface area contributed by atoms with Crippen molar-refractivity contribution >= 4 is 17.7 Å². The highest BCUT2D eigenvalue weighted by Crippen LogP contribution is 2.38. The second kappa shape index (κ2) is 15.7. The molecule has 3 aliphatic heterocycles. The van der Waals surface area contributed by atoms with Crippen LogP contribution >= 0.6 is 0 Å². The lowest BCUT2D eigenvalue weighted by molar-refractivity contribution is -0.295. The molecular formula is C34H62N4O8. The molecule has 1 N–H and O–H groups in total. The van der Waals surface area contributed by atoms with Crippen LogP contribution in [0.4, 0.5) is 0 Å². The number of ether oxygens (including phenoxy) is 4. The summed E-state index contributed by atoms with van der Waals surface area (Å²) in [6.45, 7) is 18.7. The Morgan fingerprint density at radius 1 is 1.07 bits per heavy atom. The number of carbonyl (C=O) groups is 3. The third-order valence-corrected chi connectivity index (χ3v) is 10.6. The number of likely N-dealkylation sites (N-methyl/N-ethyl adjacent to an activating group) is 2. The summed E-state index contributed by atoms with van der Waals surface area (Å²) in [5.41, 5.74) is -2.42. The van der Waals surface area contributed by atoms with E-state index in [0.29, 0.717) is 39.0 Å². The van der Waals surface area contributed by atoms with E-state index in [-0.39, 0.29) is 35.8 Å². The van der Waals surface area contributed by atoms with E-state index in [2.05, 4.69) is 16.7 Å². The molecule has 3 aliphatic rings. The van der Waals surface area contributed by atoms with Gasteiger partial charge in [0.1, 0.15) is 17.6 Å². The van der Waals surface area contributed by atoms with Gasteiger partial charge in [-0.1, -0.05) is 13.8 Å². The highest BCUT2D eigenvalue weighted by Gasteiger charge is 2.52.